The van der Waals surface area contributed by atoms with E-state index in [-0.39, 0.29) is 11.9 Å². The highest BCUT2D eigenvalue weighted by Crippen LogP contribution is 2.43. The molecule has 8 heteroatoms. The zero-order valence-corrected chi connectivity index (χ0v) is 19.9. The number of ether oxygens (including phenoxy) is 1. The van der Waals surface area contributed by atoms with E-state index in [0.29, 0.717) is 17.9 Å². The summed E-state index contributed by atoms with van der Waals surface area (Å²) in [5, 5.41) is 0. The summed E-state index contributed by atoms with van der Waals surface area (Å²) < 4.78 is 10.5. The molecule has 1 aromatic carbocycles. The summed E-state index contributed by atoms with van der Waals surface area (Å²) in [4.78, 5) is 29.0. The molecule has 2 aliphatic rings. The predicted octanol–water partition coefficient (Wildman–Crippen LogP) is 4.81. The second kappa shape index (κ2) is 7.03. The fraction of sp³-hybridized carbons (Fsp3) is 0.308. The first-order valence-corrected chi connectivity index (χ1v) is 11.5. The Bertz CT molecular complexity index is 1460. The molecule has 5 heterocycles. The lowest BCUT2D eigenvalue weighted by atomic mass is 9.99. The number of benzene rings is 1. The van der Waals surface area contributed by atoms with Gasteiger partial charge in [0.1, 0.15) is 22.9 Å². The molecular weight excluding hydrogens is 428 g/mol. The highest BCUT2D eigenvalue weighted by molar-refractivity contribution is 6.10. The molecule has 0 saturated heterocycles. The van der Waals surface area contributed by atoms with E-state index in [9.17, 15) is 4.79 Å². The molecule has 8 nitrogen and oxygen atoms in total. The van der Waals surface area contributed by atoms with Gasteiger partial charge in [0.2, 0.25) is 0 Å². The summed E-state index contributed by atoms with van der Waals surface area (Å²) in [6.07, 6.45) is 5.53. The Morgan fingerprint density at radius 2 is 1.97 bits per heavy atom. The van der Waals surface area contributed by atoms with E-state index in [0.717, 1.165) is 39.9 Å². The Hall–Kier alpha value is -3.94. The van der Waals surface area contributed by atoms with Crippen LogP contribution in [0.5, 0.6) is 5.75 Å². The van der Waals surface area contributed by atoms with E-state index in [1.54, 1.807) is 17.4 Å². The van der Waals surface area contributed by atoms with E-state index < -0.39 is 5.60 Å². The van der Waals surface area contributed by atoms with Gasteiger partial charge in [-0.1, -0.05) is 6.07 Å². The largest absolute Gasteiger partial charge is 0.479 e. The van der Waals surface area contributed by atoms with Crippen molar-refractivity contribution >= 4 is 11.7 Å². The van der Waals surface area contributed by atoms with Gasteiger partial charge in [0.25, 0.3) is 5.91 Å². The molecule has 6 rings (SSSR count). The number of aryl methyl sites for hydroxylation is 1. The fourth-order valence-electron chi connectivity index (χ4n) is 5.08. The molecule has 172 valence electrons. The maximum atomic E-state index is 13.5. The van der Waals surface area contributed by atoms with Gasteiger partial charge in [-0.05, 0) is 64.4 Å². The van der Waals surface area contributed by atoms with E-state index in [1.807, 2.05) is 61.9 Å². The molecule has 34 heavy (non-hydrogen) atoms. The van der Waals surface area contributed by atoms with Crippen LogP contribution in [0.3, 0.4) is 0 Å². The van der Waals surface area contributed by atoms with E-state index in [2.05, 4.69) is 28.4 Å². The summed E-state index contributed by atoms with van der Waals surface area (Å²) in [6.45, 7) is 10.7. The SMILES string of the molecule is Cc1ncn2c1C(C)(C)Oc1cc3c(cc1-2)C(=O)N(c1cccc(-c2nccn2C(C)C)n1)C3. The molecule has 0 radical (unpaired) electrons. The van der Waals surface area contributed by atoms with Crippen molar-refractivity contribution < 1.29 is 9.53 Å². The van der Waals surface area contributed by atoms with Crippen molar-refractivity contribution in [2.24, 2.45) is 0 Å². The normalized spacial score (nSPS) is 15.8. The first kappa shape index (κ1) is 20.7. The summed E-state index contributed by atoms with van der Waals surface area (Å²) >= 11 is 0. The van der Waals surface area contributed by atoms with Crippen molar-refractivity contribution in [1.82, 2.24) is 24.1 Å². The lowest BCUT2D eigenvalue weighted by Gasteiger charge is -2.34. The monoisotopic (exact) mass is 454 g/mol. The second-order valence-corrected chi connectivity index (χ2v) is 9.66. The van der Waals surface area contributed by atoms with Crippen LogP contribution in [-0.4, -0.2) is 30.0 Å². The maximum absolute atomic E-state index is 13.5. The number of fused-ring (bicyclic) bond motifs is 4. The third kappa shape index (κ3) is 2.91. The molecule has 0 N–H and O–H groups in total. The highest BCUT2D eigenvalue weighted by Gasteiger charge is 2.38. The number of amides is 1. The van der Waals surface area contributed by atoms with Gasteiger partial charge < -0.3 is 9.30 Å². The standard InChI is InChI=1S/C26H26N6O2/c1-15(2)30-10-9-27-24(30)19-7-6-8-22(29-19)31-13-17-11-21-20(12-18(17)25(31)33)32-14-28-16(3)23(32)26(4,5)34-21/h6-12,14-15H,13H2,1-5H3. The molecular formula is C26H26N6O2. The zero-order valence-electron chi connectivity index (χ0n) is 19.9. The average molecular weight is 455 g/mol. The average Bonchev–Trinajstić information content (AvgIpc) is 3.51. The number of pyridine rings is 1. The third-order valence-electron chi connectivity index (χ3n) is 6.60. The number of carbonyl (C=O) groups excluding carboxylic acids is 1. The molecule has 0 bridgehead atoms. The van der Waals surface area contributed by atoms with Crippen LogP contribution in [0.15, 0.2) is 49.1 Å². The van der Waals surface area contributed by atoms with Crippen LogP contribution in [0.25, 0.3) is 17.2 Å². The van der Waals surface area contributed by atoms with E-state index >= 15 is 0 Å². The number of imidazole rings is 2. The lowest BCUT2D eigenvalue weighted by molar-refractivity contribution is 0.0915. The lowest BCUT2D eigenvalue weighted by Crippen LogP contribution is -2.33. The minimum Gasteiger partial charge on any atom is -0.479 e. The van der Waals surface area contributed by atoms with Crippen LogP contribution in [0, 0.1) is 6.92 Å². The van der Waals surface area contributed by atoms with Crippen molar-refractivity contribution in [2.45, 2.75) is 52.8 Å². The summed E-state index contributed by atoms with van der Waals surface area (Å²) in [5.41, 5.74) is 4.57. The third-order valence-corrected chi connectivity index (χ3v) is 6.60. The fourth-order valence-corrected chi connectivity index (χ4v) is 5.08. The highest BCUT2D eigenvalue weighted by atomic mass is 16.5. The van der Waals surface area contributed by atoms with Gasteiger partial charge in [0.05, 0.1) is 29.9 Å². The quantitative estimate of drug-likeness (QED) is 0.444. The molecule has 0 unspecified atom stereocenters. The Labute approximate surface area is 197 Å². The number of rotatable bonds is 3. The van der Waals surface area contributed by atoms with Gasteiger partial charge in [-0.25, -0.2) is 15.0 Å². The molecule has 3 aromatic heterocycles. The van der Waals surface area contributed by atoms with Crippen molar-refractivity contribution in [3.63, 3.8) is 0 Å². The summed E-state index contributed by atoms with van der Waals surface area (Å²) in [5.74, 6) is 2.08. The number of carbonyl (C=O) groups is 1. The molecule has 0 aliphatic carbocycles. The van der Waals surface area contributed by atoms with Crippen LogP contribution >= 0.6 is 0 Å². The number of hydrogen-bond donors (Lipinski definition) is 0. The molecule has 1 amide bonds. The van der Waals surface area contributed by atoms with Crippen LogP contribution in [0.2, 0.25) is 0 Å². The Balaban J connectivity index is 1.39. The van der Waals surface area contributed by atoms with Gasteiger partial charge in [-0.3, -0.25) is 14.3 Å². The van der Waals surface area contributed by atoms with Gasteiger partial charge in [-0.15, -0.1) is 0 Å². The smallest absolute Gasteiger partial charge is 0.260 e. The van der Waals surface area contributed by atoms with Crippen molar-refractivity contribution in [2.75, 3.05) is 4.90 Å². The summed E-state index contributed by atoms with van der Waals surface area (Å²) in [7, 11) is 0. The molecule has 0 saturated carbocycles. The van der Waals surface area contributed by atoms with Crippen LogP contribution in [0.1, 0.15) is 61.0 Å². The Morgan fingerprint density at radius 1 is 1.15 bits per heavy atom. The number of aromatic nitrogens is 5. The zero-order chi connectivity index (χ0) is 23.8. The van der Waals surface area contributed by atoms with Gasteiger partial charge in [0.15, 0.2) is 5.82 Å². The minimum absolute atomic E-state index is 0.0714. The Morgan fingerprint density at radius 3 is 2.76 bits per heavy atom. The number of hydrogen-bond acceptors (Lipinski definition) is 5. The molecule has 0 atom stereocenters. The predicted molar refractivity (Wildman–Crippen MR) is 128 cm³/mol. The summed E-state index contributed by atoms with van der Waals surface area (Å²) in [6, 6.07) is 9.88. The number of anilines is 1. The van der Waals surface area contributed by atoms with E-state index in [4.69, 9.17) is 9.72 Å². The first-order chi connectivity index (χ1) is 16.2. The van der Waals surface area contributed by atoms with E-state index in [1.165, 1.54) is 0 Å². The van der Waals surface area contributed by atoms with Crippen molar-refractivity contribution in [3.8, 4) is 23.0 Å². The van der Waals surface area contributed by atoms with Gasteiger partial charge in [0, 0.05) is 24.0 Å². The van der Waals surface area contributed by atoms with Crippen molar-refractivity contribution in [1.29, 1.82) is 0 Å². The minimum atomic E-state index is -0.516. The molecule has 2 aliphatic heterocycles. The van der Waals surface area contributed by atoms with Gasteiger partial charge in [-0.2, -0.15) is 0 Å². The van der Waals surface area contributed by atoms with Crippen LogP contribution in [0.4, 0.5) is 5.82 Å². The molecule has 4 aromatic rings. The first-order valence-electron chi connectivity index (χ1n) is 11.5. The number of nitrogens with zero attached hydrogens (tertiary/aromatic N) is 6. The molecule has 0 spiro atoms. The topological polar surface area (TPSA) is 78.1 Å². The van der Waals surface area contributed by atoms with Crippen LogP contribution in [-0.2, 0) is 12.1 Å². The Kier molecular flexibility index (Phi) is 4.27. The van der Waals surface area contributed by atoms with Crippen LogP contribution < -0.4 is 9.64 Å². The van der Waals surface area contributed by atoms with Gasteiger partial charge >= 0.3 is 0 Å². The maximum Gasteiger partial charge on any atom is 0.260 e. The molecule has 0 fully saturated rings. The second-order valence-electron chi connectivity index (χ2n) is 9.66. The van der Waals surface area contributed by atoms with Crippen molar-refractivity contribution in [3.05, 3.63) is 71.6 Å².